The molecule has 1 aliphatic heterocycles. The number of pyridine rings is 1. The van der Waals surface area contributed by atoms with Crippen LogP contribution in [0.5, 0.6) is 0 Å². The van der Waals surface area contributed by atoms with Crippen LogP contribution in [0.2, 0.25) is 0 Å². The quantitative estimate of drug-likeness (QED) is 0.576. The minimum Gasteiger partial charge on any atom is -0.465 e. The number of hydrogen-bond donors (Lipinski definition) is 2. The molecule has 174 valence electrons. The van der Waals surface area contributed by atoms with Gasteiger partial charge in [-0.05, 0) is 62.9 Å². The smallest absolute Gasteiger partial charge is 0.224 e. The van der Waals surface area contributed by atoms with Crippen molar-refractivity contribution in [1.82, 2.24) is 15.2 Å². The molecule has 2 amide bonds. The monoisotopic (exact) mass is 449 g/mol. The Morgan fingerprint density at radius 2 is 1.76 bits per heavy atom. The number of carbonyl (C=O) groups is 2. The number of anilines is 2. The second-order valence-electron chi connectivity index (χ2n) is 8.66. The minimum atomic E-state index is -0.196. The number of nitrogens with one attached hydrogen (secondary N) is 2. The van der Waals surface area contributed by atoms with Crippen LogP contribution in [0.4, 0.5) is 11.5 Å². The minimum absolute atomic E-state index is 0.112. The maximum absolute atomic E-state index is 12.4. The number of piperazine rings is 1. The van der Waals surface area contributed by atoms with E-state index in [1.54, 1.807) is 0 Å². The van der Waals surface area contributed by atoms with Crippen molar-refractivity contribution >= 4 is 34.2 Å². The van der Waals surface area contributed by atoms with Crippen molar-refractivity contribution in [3.8, 4) is 0 Å². The second kappa shape index (κ2) is 10.0. The van der Waals surface area contributed by atoms with Gasteiger partial charge in [0.25, 0.3) is 0 Å². The number of aromatic nitrogens is 1. The van der Waals surface area contributed by atoms with Crippen LogP contribution in [0.25, 0.3) is 10.9 Å². The Hall–Kier alpha value is -3.39. The van der Waals surface area contributed by atoms with E-state index in [0.717, 1.165) is 54.2 Å². The molecule has 3 heterocycles. The summed E-state index contributed by atoms with van der Waals surface area (Å²) in [4.78, 5) is 33.9. The third-order valence-corrected chi connectivity index (χ3v) is 5.95. The van der Waals surface area contributed by atoms with Gasteiger partial charge in [-0.3, -0.25) is 9.59 Å². The highest BCUT2D eigenvalue weighted by atomic mass is 16.3. The second-order valence-corrected chi connectivity index (χ2v) is 8.66. The average Bonchev–Trinajstić information content (AvgIpc) is 3.22. The highest BCUT2D eigenvalue weighted by Gasteiger charge is 2.17. The van der Waals surface area contributed by atoms with E-state index in [1.807, 2.05) is 37.3 Å². The van der Waals surface area contributed by atoms with E-state index in [4.69, 9.17) is 9.40 Å². The highest BCUT2D eigenvalue weighted by molar-refractivity contribution is 5.96. The lowest BCUT2D eigenvalue weighted by Crippen LogP contribution is -2.44. The summed E-state index contributed by atoms with van der Waals surface area (Å²) >= 11 is 0. The van der Waals surface area contributed by atoms with Gasteiger partial charge in [0, 0.05) is 50.1 Å². The molecule has 0 aliphatic carbocycles. The lowest BCUT2D eigenvalue weighted by Gasteiger charge is -2.33. The molecule has 33 heavy (non-hydrogen) atoms. The number of hydrogen-bond acceptors (Lipinski definition) is 6. The fourth-order valence-electron chi connectivity index (χ4n) is 3.96. The zero-order chi connectivity index (χ0) is 23.4. The summed E-state index contributed by atoms with van der Waals surface area (Å²) < 4.78 is 5.43. The number of benzene rings is 1. The molecule has 0 radical (unpaired) electrons. The number of amides is 2. The van der Waals surface area contributed by atoms with E-state index in [0.29, 0.717) is 18.0 Å². The normalized spacial score (nSPS) is 14.5. The number of rotatable bonds is 7. The maximum atomic E-state index is 12.4. The van der Waals surface area contributed by atoms with Gasteiger partial charge in [0.2, 0.25) is 11.8 Å². The summed E-state index contributed by atoms with van der Waals surface area (Å²) in [5, 5.41) is 6.68. The summed E-state index contributed by atoms with van der Waals surface area (Å²) in [7, 11) is 2.14. The average molecular weight is 450 g/mol. The largest absolute Gasteiger partial charge is 0.465 e. The van der Waals surface area contributed by atoms with Gasteiger partial charge in [0.05, 0.1) is 12.1 Å². The first-order chi connectivity index (χ1) is 15.9. The Morgan fingerprint density at radius 1 is 1.00 bits per heavy atom. The molecule has 0 spiro atoms. The predicted molar refractivity (Wildman–Crippen MR) is 129 cm³/mol. The molecule has 1 aromatic carbocycles. The lowest BCUT2D eigenvalue weighted by molar-refractivity contribution is -0.124. The van der Waals surface area contributed by atoms with Crippen LogP contribution < -0.4 is 15.5 Å². The summed E-state index contributed by atoms with van der Waals surface area (Å²) in [6.45, 7) is 8.25. The number of likely N-dealkylation sites (N-methyl/N-ethyl adjacent to an activating group) is 1. The summed E-state index contributed by atoms with van der Waals surface area (Å²) in [6.07, 6.45) is 0.231. The highest BCUT2D eigenvalue weighted by Crippen LogP contribution is 2.26. The summed E-state index contributed by atoms with van der Waals surface area (Å²) in [5.41, 5.74) is 2.74. The van der Waals surface area contributed by atoms with Gasteiger partial charge in [0.15, 0.2) is 0 Å². The van der Waals surface area contributed by atoms with Crippen LogP contribution in [0.1, 0.15) is 29.9 Å². The van der Waals surface area contributed by atoms with Gasteiger partial charge in [-0.2, -0.15) is 0 Å². The van der Waals surface area contributed by atoms with Gasteiger partial charge >= 0.3 is 0 Å². The van der Waals surface area contributed by atoms with Crippen molar-refractivity contribution < 1.29 is 14.0 Å². The topological polar surface area (TPSA) is 90.7 Å². The number of nitrogens with zero attached hydrogens (tertiary/aromatic N) is 3. The first-order valence-electron chi connectivity index (χ1n) is 11.3. The molecule has 1 saturated heterocycles. The van der Waals surface area contributed by atoms with E-state index in [9.17, 15) is 9.59 Å². The van der Waals surface area contributed by atoms with Crippen molar-refractivity contribution in [3.63, 3.8) is 0 Å². The van der Waals surface area contributed by atoms with E-state index in [-0.39, 0.29) is 24.7 Å². The van der Waals surface area contributed by atoms with E-state index < -0.39 is 0 Å². The van der Waals surface area contributed by atoms with E-state index in [2.05, 4.69) is 40.5 Å². The number of fused-ring (bicyclic) bond motifs is 1. The summed E-state index contributed by atoms with van der Waals surface area (Å²) in [6, 6.07) is 11.5. The number of aryl methyl sites for hydroxylation is 2. The molecule has 2 N–H and O–H groups in total. The van der Waals surface area contributed by atoms with Crippen LogP contribution in [0.3, 0.4) is 0 Å². The Kier molecular flexibility index (Phi) is 6.93. The molecule has 8 heteroatoms. The van der Waals surface area contributed by atoms with Crippen LogP contribution in [0.15, 0.2) is 40.8 Å². The first-order valence-corrected chi connectivity index (χ1v) is 11.3. The van der Waals surface area contributed by atoms with E-state index >= 15 is 0 Å². The number of furan rings is 1. The molecule has 0 unspecified atom stereocenters. The zero-order valence-electron chi connectivity index (χ0n) is 19.5. The third-order valence-electron chi connectivity index (χ3n) is 5.95. The Balaban J connectivity index is 1.32. The molecule has 4 rings (SSSR count). The van der Waals surface area contributed by atoms with Gasteiger partial charge in [0.1, 0.15) is 17.3 Å². The van der Waals surface area contributed by atoms with E-state index in [1.165, 1.54) is 0 Å². The SMILES string of the molecule is Cc1ccc(CNC(=O)CCC(=O)Nc2ccc3nc(N4CCN(C)CC4)cc(C)c3c2)o1. The molecule has 3 aromatic rings. The van der Waals surface area contributed by atoms with Crippen molar-refractivity contribution in [3.05, 3.63) is 53.5 Å². The fourth-order valence-corrected chi connectivity index (χ4v) is 3.96. The van der Waals surface area contributed by atoms with Crippen molar-refractivity contribution in [1.29, 1.82) is 0 Å². The van der Waals surface area contributed by atoms with Crippen LogP contribution >= 0.6 is 0 Å². The summed E-state index contributed by atoms with van der Waals surface area (Å²) in [5.74, 6) is 2.11. The van der Waals surface area contributed by atoms with Crippen LogP contribution in [0, 0.1) is 13.8 Å². The molecule has 0 saturated carbocycles. The van der Waals surface area contributed by atoms with Crippen LogP contribution in [-0.2, 0) is 16.1 Å². The maximum Gasteiger partial charge on any atom is 0.224 e. The van der Waals surface area contributed by atoms with Gasteiger partial charge in [-0.1, -0.05) is 0 Å². The van der Waals surface area contributed by atoms with Crippen molar-refractivity contribution in [2.24, 2.45) is 0 Å². The molecular weight excluding hydrogens is 418 g/mol. The van der Waals surface area contributed by atoms with Crippen molar-refractivity contribution in [2.45, 2.75) is 33.2 Å². The standard InChI is InChI=1S/C25H31N5O3/c1-17-14-23(30-12-10-29(3)11-13-30)28-22-7-5-19(15-21(17)22)27-25(32)9-8-24(31)26-16-20-6-4-18(2)33-20/h4-7,14-15H,8-13,16H2,1-3H3,(H,26,31)(H,27,32). The number of carbonyl (C=O) groups excluding carboxylic acids is 2. The Labute approximate surface area is 194 Å². The molecule has 2 aromatic heterocycles. The van der Waals surface area contributed by atoms with Crippen molar-refractivity contribution in [2.75, 3.05) is 43.4 Å². The predicted octanol–water partition coefficient (Wildman–Crippen LogP) is 3.23. The van der Waals surface area contributed by atoms with Gasteiger partial charge in [-0.25, -0.2) is 4.98 Å². The Bertz CT molecular complexity index is 1150. The molecule has 0 atom stereocenters. The van der Waals surface area contributed by atoms with Crippen LogP contribution in [-0.4, -0.2) is 54.9 Å². The zero-order valence-corrected chi connectivity index (χ0v) is 19.5. The molecule has 8 nitrogen and oxygen atoms in total. The lowest BCUT2D eigenvalue weighted by atomic mass is 10.1. The van der Waals surface area contributed by atoms with Gasteiger partial charge < -0.3 is 24.9 Å². The molecular formula is C25H31N5O3. The fraction of sp³-hybridized carbons (Fsp3) is 0.400. The molecule has 1 fully saturated rings. The van der Waals surface area contributed by atoms with Gasteiger partial charge in [-0.15, -0.1) is 0 Å². The first kappa shape index (κ1) is 22.8. The molecule has 0 bridgehead atoms. The Morgan fingerprint density at radius 3 is 2.48 bits per heavy atom. The molecule has 1 aliphatic rings. The third kappa shape index (κ3) is 5.90.